The molecule has 1 aliphatic rings. The molecule has 5 atom stereocenters. The van der Waals surface area contributed by atoms with Crippen molar-refractivity contribution in [3.05, 3.63) is 35.1 Å². The molecule has 35 heavy (non-hydrogen) atoms. The number of pyridine rings is 1. The van der Waals surface area contributed by atoms with Crippen LogP contribution in [0.2, 0.25) is 0 Å². The summed E-state index contributed by atoms with van der Waals surface area (Å²) in [7, 11) is 1.37. The minimum Gasteiger partial charge on any atom is -0.394 e. The number of rotatable bonds is 6. The molecule has 1 aliphatic heterocycles. The average molecular weight is 530 g/mol. The van der Waals surface area contributed by atoms with E-state index in [0.717, 1.165) is 24.0 Å². The molecule has 0 saturated carbocycles. The van der Waals surface area contributed by atoms with Crippen LogP contribution in [-0.2, 0) is 15.7 Å². The van der Waals surface area contributed by atoms with E-state index in [0.29, 0.717) is 16.5 Å². The first-order chi connectivity index (χ1) is 16.7. The first-order valence-corrected chi connectivity index (χ1v) is 11.7. The number of anilines is 1. The van der Waals surface area contributed by atoms with Gasteiger partial charge in [0.25, 0.3) is 0 Å². The topological polar surface area (TPSA) is 165 Å². The van der Waals surface area contributed by atoms with Crippen LogP contribution in [0.1, 0.15) is 17.3 Å². The molecule has 1 saturated heterocycles. The Morgan fingerprint density at radius 3 is 2.77 bits per heavy atom. The van der Waals surface area contributed by atoms with Crippen LogP contribution < -0.4 is 5.73 Å². The number of alkyl halides is 3. The molecule has 0 spiro atoms. The highest BCUT2D eigenvalue weighted by atomic mass is 32.2. The van der Waals surface area contributed by atoms with Crippen molar-refractivity contribution < 1.29 is 32.9 Å². The molecule has 1 fully saturated rings. The lowest BCUT2D eigenvalue weighted by molar-refractivity contribution is -0.186. The molecular formula is C19H18F3N7O4S2. The van der Waals surface area contributed by atoms with Gasteiger partial charge < -0.3 is 25.4 Å². The molecule has 0 bridgehead atoms. The van der Waals surface area contributed by atoms with Crippen LogP contribution in [-0.4, -0.2) is 72.6 Å². The molecule has 4 N–H and O–H groups in total. The summed E-state index contributed by atoms with van der Waals surface area (Å²) < 4.78 is 52.0. The van der Waals surface area contributed by atoms with Crippen LogP contribution in [0.4, 0.5) is 18.3 Å². The fourth-order valence-electron chi connectivity index (χ4n) is 3.61. The number of aliphatic hydroxyl groups is 2. The molecule has 186 valence electrons. The van der Waals surface area contributed by atoms with E-state index in [4.69, 9.17) is 20.5 Å². The second kappa shape index (κ2) is 10.0. The largest absolute Gasteiger partial charge is 0.434 e. The standard InChI is InChI=1S/C19H18F3N7O4S2/c1-32-15-13(29-5-10(27-28-29)11-7-34-18(24)26-11)14(31)12(6-30)33-17(15)35-9-2-8(3-23)16(25-4-9)19(20,21)22/h2,4-5,7,12-15,17,30-31H,6H2,1H3,(H2,24,26)/t12?,13-,14-,15?,17+/m0/s1. The third kappa shape index (κ3) is 5.10. The van der Waals surface area contributed by atoms with Crippen molar-refractivity contribution in [1.82, 2.24) is 25.0 Å². The number of hydrogen-bond acceptors (Lipinski definition) is 12. The molecule has 0 aliphatic carbocycles. The Bertz CT molecular complexity index is 1230. The molecule has 2 unspecified atom stereocenters. The SMILES string of the molecule is COC1[C@@H](Sc2cnc(C(F)(F)F)c(C#N)c2)OC(CO)[C@H](O)[C@@H]1n1cc(-c2csc(N)n2)nn1. The van der Waals surface area contributed by atoms with Crippen LogP contribution in [0, 0.1) is 11.3 Å². The van der Waals surface area contributed by atoms with Gasteiger partial charge in [0.05, 0.1) is 18.4 Å². The zero-order chi connectivity index (χ0) is 25.3. The first kappa shape index (κ1) is 25.3. The van der Waals surface area contributed by atoms with E-state index in [-0.39, 0.29) is 4.90 Å². The predicted molar refractivity (Wildman–Crippen MR) is 117 cm³/mol. The van der Waals surface area contributed by atoms with E-state index in [2.05, 4.69) is 20.3 Å². The molecule has 3 aromatic heterocycles. The molecule has 0 radical (unpaired) electrons. The van der Waals surface area contributed by atoms with E-state index in [1.54, 1.807) is 5.38 Å². The van der Waals surface area contributed by atoms with E-state index >= 15 is 0 Å². The third-order valence-corrected chi connectivity index (χ3v) is 6.98. The smallest absolute Gasteiger partial charge is 0.394 e. The monoisotopic (exact) mass is 529 g/mol. The van der Waals surface area contributed by atoms with Gasteiger partial charge in [0.15, 0.2) is 10.8 Å². The van der Waals surface area contributed by atoms with Crippen LogP contribution in [0.5, 0.6) is 0 Å². The first-order valence-electron chi connectivity index (χ1n) is 9.90. The summed E-state index contributed by atoms with van der Waals surface area (Å²) in [5.74, 6) is 0. The molecule has 11 nitrogen and oxygen atoms in total. The number of nitrogen functional groups attached to an aromatic ring is 1. The Balaban J connectivity index is 1.65. The van der Waals surface area contributed by atoms with Crippen molar-refractivity contribution in [2.45, 2.75) is 40.9 Å². The van der Waals surface area contributed by atoms with Gasteiger partial charge in [-0.25, -0.2) is 14.6 Å². The number of ether oxygens (including phenoxy) is 2. The Morgan fingerprint density at radius 1 is 1.40 bits per heavy atom. The number of aromatic nitrogens is 5. The van der Waals surface area contributed by atoms with Gasteiger partial charge in [-0.15, -0.1) is 16.4 Å². The van der Waals surface area contributed by atoms with Gasteiger partial charge in [-0.2, -0.15) is 18.4 Å². The second-order valence-electron chi connectivity index (χ2n) is 7.36. The predicted octanol–water partition coefficient (Wildman–Crippen LogP) is 1.70. The summed E-state index contributed by atoms with van der Waals surface area (Å²) in [6.45, 7) is -0.552. The number of thiazole rings is 1. The lowest BCUT2D eigenvalue weighted by atomic mass is 9.97. The highest BCUT2D eigenvalue weighted by molar-refractivity contribution is 7.99. The summed E-state index contributed by atoms with van der Waals surface area (Å²) in [6.07, 6.45) is -5.50. The highest BCUT2D eigenvalue weighted by Crippen LogP contribution is 2.40. The van der Waals surface area contributed by atoms with Crippen molar-refractivity contribution in [3.8, 4) is 17.5 Å². The Labute approximate surface area is 204 Å². The molecule has 0 amide bonds. The fraction of sp³-hybridized carbons (Fsp3) is 0.421. The van der Waals surface area contributed by atoms with Crippen LogP contribution >= 0.6 is 23.1 Å². The Hall–Kier alpha value is -2.81. The molecule has 4 heterocycles. The number of nitrogens with zero attached hydrogens (tertiary/aromatic N) is 6. The van der Waals surface area contributed by atoms with Crippen molar-refractivity contribution in [1.29, 1.82) is 5.26 Å². The number of thioether (sulfide) groups is 1. The maximum absolute atomic E-state index is 13.1. The normalized spacial score (nSPS) is 24.9. The summed E-state index contributed by atoms with van der Waals surface area (Å²) >= 11 is 2.15. The summed E-state index contributed by atoms with van der Waals surface area (Å²) in [4.78, 5) is 7.74. The van der Waals surface area contributed by atoms with Crippen molar-refractivity contribution in [2.24, 2.45) is 0 Å². The number of methoxy groups -OCH3 is 1. The number of aliphatic hydroxyl groups excluding tert-OH is 2. The van der Waals surface area contributed by atoms with Gasteiger partial charge >= 0.3 is 6.18 Å². The number of nitrogens with two attached hydrogens (primary N) is 1. The second-order valence-corrected chi connectivity index (χ2v) is 9.42. The van der Waals surface area contributed by atoms with Crippen LogP contribution in [0.25, 0.3) is 11.4 Å². The number of halogens is 3. The van der Waals surface area contributed by atoms with E-state index in [1.807, 2.05) is 0 Å². The number of hydrogen-bond donors (Lipinski definition) is 3. The quantitative estimate of drug-likeness (QED) is 0.425. The van der Waals surface area contributed by atoms with Gasteiger partial charge in [-0.1, -0.05) is 17.0 Å². The minimum atomic E-state index is -4.78. The molecular weight excluding hydrogens is 511 g/mol. The summed E-state index contributed by atoms with van der Waals surface area (Å²) in [5.41, 5.74) is 3.69. The van der Waals surface area contributed by atoms with Gasteiger partial charge in [-0.05, 0) is 6.07 Å². The van der Waals surface area contributed by atoms with E-state index in [1.165, 1.54) is 35.4 Å². The van der Waals surface area contributed by atoms with Gasteiger partial charge in [0.2, 0.25) is 0 Å². The zero-order valence-electron chi connectivity index (χ0n) is 17.8. The lowest BCUT2D eigenvalue weighted by Gasteiger charge is -2.43. The van der Waals surface area contributed by atoms with Gasteiger partial charge in [0.1, 0.15) is 47.2 Å². The highest BCUT2D eigenvalue weighted by Gasteiger charge is 2.47. The van der Waals surface area contributed by atoms with Gasteiger partial charge in [0, 0.05) is 23.6 Å². The Morgan fingerprint density at radius 2 is 2.17 bits per heavy atom. The van der Waals surface area contributed by atoms with Crippen molar-refractivity contribution >= 4 is 28.2 Å². The van der Waals surface area contributed by atoms with Gasteiger partial charge in [-0.3, -0.25) is 0 Å². The maximum atomic E-state index is 13.1. The van der Waals surface area contributed by atoms with Crippen LogP contribution in [0.15, 0.2) is 28.7 Å². The summed E-state index contributed by atoms with van der Waals surface area (Å²) in [5, 5.41) is 40.0. The van der Waals surface area contributed by atoms with Crippen molar-refractivity contribution in [3.63, 3.8) is 0 Å². The fourth-order valence-corrected chi connectivity index (χ4v) is 5.34. The average Bonchev–Trinajstić information content (AvgIpc) is 3.48. The van der Waals surface area contributed by atoms with E-state index < -0.39 is 53.8 Å². The van der Waals surface area contributed by atoms with Crippen molar-refractivity contribution in [2.75, 3.05) is 19.5 Å². The maximum Gasteiger partial charge on any atom is 0.434 e. The molecule has 3 aromatic rings. The molecule has 4 rings (SSSR count). The minimum absolute atomic E-state index is 0.200. The van der Waals surface area contributed by atoms with Crippen LogP contribution in [0.3, 0.4) is 0 Å². The third-order valence-electron chi connectivity index (χ3n) is 5.20. The zero-order valence-corrected chi connectivity index (χ0v) is 19.5. The molecule has 0 aromatic carbocycles. The summed E-state index contributed by atoms with van der Waals surface area (Å²) in [6, 6.07) is 1.66. The lowest BCUT2D eigenvalue weighted by Crippen LogP contribution is -2.55. The number of nitriles is 1. The van der Waals surface area contributed by atoms with E-state index in [9.17, 15) is 23.4 Å². The Kier molecular flexibility index (Phi) is 7.26. The molecule has 16 heteroatoms.